The summed E-state index contributed by atoms with van der Waals surface area (Å²) in [7, 11) is 0. The largest absolute Gasteiger partial charge is 0.444 e. The third-order valence-electron chi connectivity index (χ3n) is 4.59. The Labute approximate surface area is 145 Å². The summed E-state index contributed by atoms with van der Waals surface area (Å²) < 4.78 is 5.47. The molecule has 2 rings (SSSR count). The van der Waals surface area contributed by atoms with Crippen LogP contribution in [-0.4, -0.2) is 66.2 Å². The Hall–Kier alpha value is -1.30. The summed E-state index contributed by atoms with van der Waals surface area (Å²) in [6, 6.07) is 0.281. The Morgan fingerprint density at radius 2 is 2.08 bits per heavy atom. The van der Waals surface area contributed by atoms with E-state index in [4.69, 9.17) is 4.74 Å². The highest BCUT2D eigenvalue weighted by atomic mass is 16.6. The van der Waals surface area contributed by atoms with Crippen molar-refractivity contribution < 1.29 is 14.3 Å². The molecule has 0 aromatic heterocycles. The molecule has 0 saturated carbocycles. The average Bonchev–Trinajstić information content (AvgIpc) is 2.89. The van der Waals surface area contributed by atoms with E-state index in [1.54, 1.807) is 0 Å². The van der Waals surface area contributed by atoms with E-state index < -0.39 is 5.60 Å². The molecule has 24 heavy (non-hydrogen) atoms. The lowest BCUT2D eigenvalue weighted by Crippen LogP contribution is -2.47. The molecule has 2 amide bonds. The van der Waals surface area contributed by atoms with Crippen LogP contribution in [-0.2, 0) is 9.53 Å². The lowest BCUT2D eigenvalue weighted by molar-refractivity contribution is -0.127. The molecule has 6 nitrogen and oxygen atoms in total. The first-order valence-electron chi connectivity index (χ1n) is 9.23. The quantitative estimate of drug-likeness (QED) is 0.834. The van der Waals surface area contributed by atoms with E-state index in [1.165, 1.54) is 0 Å². The molecule has 6 heteroatoms. The predicted octanol–water partition coefficient (Wildman–Crippen LogP) is 2.23. The van der Waals surface area contributed by atoms with Crippen molar-refractivity contribution in [3.63, 3.8) is 0 Å². The van der Waals surface area contributed by atoms with Gasteiger partial charge in [0.25, 0.3) is 0 Å². The van der Waals surface area contributed by atoms with Crippen LogP contribution in [0.25, 0.3) is 0 Å². The van der Waals surface area contributed by atoms with Gasteiger partial charge in [0, 0.05) is 38.6 Å². The second-order valence-corrected chi connectivity index (χ2v) is 8.19. The van der Waals surface area contributed by atoms with E-state index in [2.05, 4.69) is 12.2 Å². The van der Waals surface area contributed by atoms with Gasteiger partial charge in [-0.05, 0) is 59.4 Å². The molecule has 2 heterocycles. The molecule has 0 aromatic rings. The minimum Gasteiger partial charge on any atom is -0.444 e. The Kier molecular flexibility index (Phi) is 6.49. The average molecular weight is 339 g/mol. The molecule has 2 aliphatic rings. The summed E-state index contributed by atoms with van der Waals surface area (Å²) in [5.41, 5.74) is -0.445. The van der Waals surface area contributed by atoms with Gasteiger partial charge in [0.05, 0.1) is 0 Å². The van der Waals surface area contributed by atoms with Crippen molar-refractivity contribution in [3.8, 4) is 0 Å². The van der Waals surface area contributed by atoms with E-state index in [0.717, 1.165) is 52.0 Å². The van der Waals surface area contributed by atoms with Crippen LogP contribution in [0.5, 0.6) is 0 Å². The van der Waals surface area contributed by atoms with Gasteiger partial charge in [-0.1, -0.05) is 0 Å². The second-order valence-electron chi connectivity index (χ2n) is 8.19. The number of nitrogens with one attached hydrogen (secondary N) is 1. The van der Waals surface area contributed by atoms with Crippen molar-refractivity contribution in [3.05, 3.63) is 0 Å². The molecule has 0 spiro atoms. The van der Waals surface area contributed by atoms with Crippen LogP contribution in [0.1, 0.15) is 53.4 Å². The first kappa shape index (κ1) is 19.0. The summed E-state index contributed by atoms with van der Waals surface area (Å²) in [5, 5.41) is 3.53. The van der Waals surface area contributed by atoms with Gasteiger partial charge in [-0.25, -0.2) is 4.79 Å². The number of likely N-dealkylation sites (tertiary alicyclic amines) is 2. The number of carbonyl (C=O) groups excluding carboxylic acids is 2. The lowest BCUT2D eigenvalue weighted by atomic mass is 9.98. The molecule has 0 unspecified atom stereocenters. The van der Waals surface area contributed by atoms with Crippen LogP contribution >= 0.6 is 0 Å². The molecule has 0 aliphatic carbocycles. The zero-order valence-corrected chi connectivity index (χ0v) is 15.6. The third kappa shape index (κ3) is 5.96. The molecule has 2 saturated heterocycles. The molecule has 138 valence electrons. The highest BCUT2D eigenvalue weighted by Crippen LogP contribution is 2.19. The summed E-state index contributed by atoms with van der Waals surface area (Å²) in [6.45, 7) is 11.9. The number of hydrogen-bond donors (Lipinski definition) is 1. The standard InChI is InChI=1S/C18H33N3O3/c1-14(12-20-9-6-8-16(20)22)19-11-15-7-5-10-21(13-15)17(23)24-18(2,3)4/h14-15,19H,5-13H2,1-4H3/t14-,15+/m1/s1. The van der Waals surface area contributed by atoms with Gasteiger partial charge in [0.2, 0.25) is 5.91 Å². The molecule has 0 aromatic carbocycles. The lowest BCUT2D eigenvalue weighted by Gasteiger charge is -2.35. The minimum absolute atomic E-state index is 0.206. The minimum atomic E-state index is -0.445. The third-order valence-corrected chi connectivity index (χ3v) is 4.59. The summed E-state index contributed by atoms with van der Waals surface area (Å²) in [6.07, 6.45) is 3.62. The van der Waals surface area contributed by atoms with Crippen molar-refractivity contribution in [1.82, 2.24) is 15.1 Å². The van der Waals surface area contributed by atoms with E-state index in [9.17, 15) is 9.59 Å². The Bertz CT molecular complexity index is 447. The van der Waals surface area contributed by atoms with E-state index in [1.807, 2.05) is 30.6 Å². The predicted molar refractivity (Wildman–Crippen MR) is 93.8 cm³/mol. The number of ether oxygens (including phenoxy) is 1. The number of carbonyl (C=O) groups is 2. The zero-order chi connectivity index (χ0) is 17.7. The number of nitrogens with zero attached hydrogens (tertiary/aromatic N) is 2. The summed E-state index contributed by atoms with van der Waals surface area (Å²) >= 11 is 0. The molecule has 0 radical (unpaired) electrons. The van der Waals surface area contributed by atoms with Crippen LogP contribution in [0.4, 0.5) is 4.79 Å². The second kappa shape index (κ2) is 8.19. The smallest absolute Gasteiger partial charge is 0.410 e. The maximum Gasteiger partial charge on any atom is 0.410 e. The van der Waals surface area contributed by atoms with Gasteiger partial charge in [0.15, 0.2) is 0 Å². The van der Waals surface area contributed by atoms with Crippen LogP contribution in [0.15, 0.2) is 0 Å². The topological polar surface area (TPSA) is 61.9 Å². The van der Waals surface area contributed by atoms with Gasteiger partial charge in [0.1, 0.15) is 5.60 Å². The fourth-order valence-corrected chi connectivity index (χ4v) is 3.38. The normalized spacial score (nSPS) is 23.5. The van der Waals surface area contributed by atoms with Gasteiger partial charge in [-0.15, -0.1) is 0 Å². The fraction of sp³-hybridized carbons (Fsp3) is 0.889. The van der Waals surface area contributed by atoms with Crippen molar-refractivity contribution in [1.29, 1.82) is 0 Å². The Balaban J connectivity index is 1.72. The number of rotatable bonds is 5. The molecule has 2 aliphatic heterocycles. The van der Waals surface area contributed by atoms with Crippen molar-refractivity contribution >= 4 is 12.0 Å². The number of hydrogen-bond acceptors (Lipinski definition) is 4. The van der Waals surface area contributed by atoms with Crippen molar-refractivity contribution in [2.24, 2.45) is 5.92 Å². The molecule has 2 atom stereocenters. The summed E-state index contributed by atoms with van der Waals surface area (Å²) in [4.78, 5) is 27.7. The molecule has 2 fully saturated rings. The SMILES string of the molecule is C[C@H](CN1CCCC1=O)NC[C@@H]1CCCN(C(=O)OC(C)(C)C)C1. The van der Waals surface area contributed by atoms with Gasteiger partial charge >= 0.3 is 6.09 Å². The molecular formula is C18H33N3O3. The first-order valence-corrected chi connectivity index (χ1v) is 9.23. The van der Waals surface area contributed by atoms with E-state index in [-0.39, 0.29) is 18.0 Å². The Morgan fingerprint density at radius 1 is 1.33 bits per heavy atom. The highest BCUT2D eigenvalue weighted by molar-refractivity contribution is 5.78. The summed E-state index contributed by atoms with van der Waals surface area (Å²) in [5.74, 6) is 0.723. The highest BCUT2D eigenvalue weighted by Gasteiger charge is 2.28. The van der Waals surface area contributed by atoms with Crippen molar-refractivity contribution in [2.45, 2.75) is 65.0 Å². The number of amides is 2. The van der Waals surface area contributed by atoms with Crippen molar-refractivity contribution in [2.75, 3.05) is 32.7 Å². The van der Waals surface area contributed by atoms with Crippen LogP contribution in [0.3, 0.4) is 0 Å². The van der Waals surface area contributed by atoms with E-state index in [0.29, 0.717) is 12.3 Å². The maximum atomic E-state index is 12.2. The van der Waals surface area contributed by atoms with Gasteiger partial charge in [-0.2, -0.15) is 0 Å². The number of piperidine rings is 1. The Morgan fingerprint density at radius 3 is 2.71 bits per heavy atom. The molecular weight excluding hydrogens is 306 g/mol. The zero-order valence-electron chi connectivity index (χ0n) is 15.6. The van der Waals surface area contributed by atoms with Crippen LogP contribution in [0.2, 0.25) is 0 Å². The molecule has 0 bridgehead atoms. The van der Waals surface area contributed by atoms with Crippen LogP contribution in [0, 0.1) is 5.92 Å². The van der Waals surface area contributed by atoms with Crippen LogP contribution < -0.4 is 5.32 Å². The van der Waals surface area contributed by atoms with Gasteiger partial charge < -0.3 is 19.9 Å². The van der Waals surface area contributed by atoms with E-state index >= 15 is 0 Å². The monoisotopic (exact) mass is 339 g/mol. The fourth-order valence-electron chi connectivity index (χ4n) is 3.38. The van der Waals surface area contributed by atoms with Gasteiger partial charge in [-0.3, -0.25) is 4.79 Å². The maximum absolute atomic E-state index is 12.2. The first-order chi connectivity index (χ1) is 11.2. The molecule has 1 N–H and O–H groups in total.